The van der Waals surface area contributed by atoms with E-state index in [1.54, 1.807) is 47.2 Å². The van der Waals surface area contributed by atoms with Crippen LogP contribution < -0.4 is 0 Å². The molecule has 2 heteroatoms. The molecule has 0 spiro atoms. The molecule has 2 unspecified atom stereocenters. The van der Waals surface area contributed by atoms with Crippen molar-refractivity contribution in [2.24, 2.45) is 0 Å². The normalized spacial score (nSPS) is 20.9. The second-order valence-corrected chi connectivity index (χ2v) is 16.1. The number of rotatable bonds is 3. The minimum absolute atomic E-state index is 0.543. The zero-order valence-electron chi connectivity index (χ0n) is 21.9. The van der Waals surface area contributed by atoms with Gasteiger partial charge in [0, 0.05) is 9.52 Å². The molecule has 0 saturated carbocycles. The zero-order chi connectivity index (χ0) is 24.6. The molecular weight excluding hydrogens is 528 g/mol. The summed E-state index contributed by atoms with van der Waals surface area (Å²) < 4.78 is 3.29. The summed E-state index contributed by atoms with van der Waals surface area (Å²) in [5, 5.41) is 5.53. The fourth-order valence-corrected chi connectivity index (χ4v) is 12.6. The third-order valence-corrected chi connectivity index (χ3v) is 14.0. The van der Waals surface area contributed by atoms with Gasteiger partial charge in [-0.3, -0.25) is 0 Å². The minimum atomic E-state index is -0.578. The molecule has 0 N–H and O–H groups in total. The van der Waals surface area contributed by atoms with Gasteiger partial charge in [0.05, 0.1) is 0 Å². The molecule has 7 rings (SSSR count). The quantitative estimate of drug-likeness (QED) is 0.218. The van der Waals surface area contributed by atoms with Crippen molar-refractivity contribution >= 4 is 43.2 Å². The van der Waals surface area contributed by atoms with Crippen molar-refractivity contribution < 1.29 is 23.2 Å². The number of fused-ring (bicyclic) bond motifs is 6. The molecule has 0 aromatic heterocycles. The Balaban J connectivity index is 0.000000431. The molecule has 1 aliphatic heterocycles. The summed E-state index contributed by atoms with van der Waals surface area (Å²) in [5.74, 6) is 1.11. The van der Waals surface area contributed by atoms with E-state index in [9.17, 15) is 0 Å². The topological polar surface area (TPSA) is 0 Å². The van der Waals surface area contributed by atoms with Crippen LogP contribution in [0.3, 0.4) is 0 Å². The number of hydrogen-bond donors (Lipinski definition) is 0. The van der Waals surface area contributed by atoms with Crippen LogP contribution in [-0.4, -0.2) is 9.52 Å². The summed E-state index contributed by atoms with van der Waals surface area (Å²) in [5.41, 5.74) is 9.17. The second-order valence-electron chi connectivity index (χ2n) is 10.9. The average Bonchev–Trinajstić information content (AvgIpc) is 3.66. The van der Waals surface area contributed by atoms with Gasteiger partial charge in [0.25, 0.3) is 0 Å². The molecular formula is C34H36SiZr. The van der Waals surface area contributed by atoms with Crippen LogP contribution >= 0.6 is 0 Å². The van der Waals surface area contributed by atoms with Crippen molar-refractivity contribution in [1.29, 1.82) is 0 Å². The molecule has 0 bridgehead atoms. The van der Waals surface area contributed by atoms with E-state index in [-0.39, 0.29) is 0 Å². The predicted octanol–water partition coefficient (Wildman–Crippen LogP) is 9.40. The zero-order valence-corrected chi connectivity index (χ0v) is 25.7. The van der Waals surface area contributed by atoms with Crippen LogP contribution in [0.2, 0.25) is 20.3 Å². The standard InChI is InChI=1S/C29H23.C4H10Si.CH3.Zr/c1-18-15-28-22-9-5-3-7-20(22)11-13-24(28)26(18)17-27-19(2)16-29-23-10-6-4-8-21(23)12-14-25(27)29;1-2-4-5-3-1;;/h3-17,26-27H,1-2H3;1-5H2;1H3;. The van der Waals surface area contributed by atoms with Crippen molar-refractivity contribution in [3.63, 3.8) is 0 Å². The van der Waals surface area contributed by atoms with E-state index in [1.165, 1.54) is 32.7 Å². The molecule has 2 atom stereocenters. The van der Waals surface area contributed by atoms with Crippen molar-refractivity contribution in [1.82, 2.24) is 0 Å². The number of allylic oxidation sites excluding steroid dienone is 2. The van der Waals surface area contributed by atoms with Gasteiger partial charge in [0.2, 0.25) is 0 Å². The maximum absolute atomic E-state index is 2.55. The van der Waals surface area contributed by atoms with E-state index in [0.29, 0.717) is 21.4 Å². The van der Waals surface area contributed by atoms with Crippen LogP contribution in [0.25, 0.3) is 33.7 Å². The molecule has 1 heterocycles. The first-order valence-electron chi connectivity index (χ1n) is 13.7. The predicted molar refractivity (Wildman–Crippen MR) is 158 cm³/mol. The van der Waals surface area contributed by atoms with Gasteiger partial charge in [0.15, 0.2) is 0 Å². The summed E-state index contributed by atoms with van der Waals surface area (Å²) in [6.45, 7) is 4.74. The molecule has 2 aliphatic carbocycles. The fraction of sp³-hybridized carbons (Fsp3) is 0.294. The molecule has 0 amide bonds. The van der Waals surface area contributed by atoms with Crippen LogP contribution in [0.15, 0.2) is 83.9 Å². The van der Waals surface area contributed by atoms with Crippen molar-refractivity contribution in [3.8, 4) is 0 Å². The number of benzene rings is 4. The summed E-state index contributed by atoms with van der Waals surface area (Å²) in [6, 6.07) is 30.5. The molecule has 180 valence electrons. The number of hydrogen-bond acceptors (Lipinski definition) is 0. The van der Waals surface area contributed by atoms with E-state index in [0.717, 1.165) is 3.63 Å². The molecule has 3 aliphatic rings. The van der Waals surface area contributed by atoms with Gasteiger partial charge in [-0.25, -0.2) is 0 Å². The van der Waals surface area contributed by atoms with Gasteiger partial charge in [-0.2, -0.15) is 0 Å². The molecule has 0 nitrogen and oxygen atoms in total. The van der Waals surface area contributed by atoms with Crippen molar-refractivity contribution in [3.05, 3.63) is 106 Å². The van der Waals surface area contributed by atoms with Gasteiger partial charge < -0.3 is 0 Å². The van der Waals surface area contributed by atoms with E-state index < -0.39 is 23.2 Å². The maximum atomic E-state index is 2.55. The van der Waals surface area contributed by atoms with E-state index >= 15 is 0 Å². The Bertz CT molecular complexity index is 1380. The third-order valence-electron chi connectivity index (χ3n) is 8.71. The first-order valence-corrected chi connectivity index (χ1v) is 19.6. The van der Waals surface area contributed by atoms with Gasteiger partial charge in [-0.1, -0.05) is 24.9 Å². The summed E-state index contributed by atoms with van der Waals surface area (Å²) in [4.78, 5) is 0. The molecule has 1 saturated heterocycles. The van der Waals surface area contributed by atoms with E-state index in [2.05, 4.69) is 103 Å². The molecule has 1 fully saturated rings. The Morgan fingerprint density at radius 1 is 0.667 bits per heavy atom. The Morgan fingerprint density at radius 3 is 1.56 bits per heavy atom. The Kier molecular flexibility index (Phi) is 7.02. The fourth-order valence-electron chi connectivity index (χ4n) is 6.98. The molecule has 0 radical (unpaired) electrons. The summed E-state index contributed by atoms with van der Waals surface area (Å²) >= 11 is -0.578. The van der Waals surface area contributed by atoms with Gasteiger partial charge in [0.1, 0.15) is 0 Å². The van der Waals surface area contributed by atoms with Crippen LogP contribution in [0.1, 0.15) is 60.8 Å². The Hall–Kier alpha value is -2.02. The second kappa shape index (κ2) is 10.4. The Morgan fingerprint density at radius 2 is 1.14 bits per heavy atom. The summed E-state index contributed by atoms with van der Waals surface area (Å²) in [6.07, 6.45) is 8.10. The Labute approximate surface area is 230 Å². The van der Waals surface area contributed by atoms with Crippen molar-refractivity contribution in [2.75, 3.05) is 0 Å². The molecule has 36 heavy (non-hydrogen) atoms. The molecule has 4 aromatic carbocycles. The average molecular weight is 564 g/mol. The monoisotopic (exact) mass is 562 g/mol. The van der Waals surface area contributed by atoms with Gasteiger partial charge in [-0.05, 0) is 0 Å². The first-order chi connectivity index (χ1) is 17.7. The van der Waals surface area contributed by atoms with Crippen LogP contribution in [0.5, 0.6) is 0 Å². The summed E-state index contributed by atoms with van der Waals surface area (Å²) in [7, 11) is 0.543. The van der Waals surface area contributed by atoms with Gasteiger partial charge in [-0.15, -0.1) is 0 Å². The molecule has 4 aromatic rings. The van der Waals surface area contributed by atoms with Crippen LogP contribution in [0.4, 0.5) is 0 Å². The van der Waals surface area contributed by atoms with Crippen molar-refractivity contribution in [2.45, 2.75) is 58.9 Å². The third kappa shape index (κ3) is 4.25. The van der Waals surface area contributed by atoms with E-state index in [4.69, 9.17) is 0 Å². The van der Waals surface area contributed by atoms with Gasteiger partial charge >= 0.3 is 197 Å². The van der Waals surface area contributed by atoms with Crippen LogP contribution in [0, 0.1) is 0 Å². The van der Waals surface area contributed by atoms with E-state index in [1.807, 2.05) is 0 Å². The first kappa shape index (κ1) is 24.3. The van der Waals surface area contributed by atoms with Crippen LogP contribution in [-0.2, 0) is 23.2 Å². The SMILES string of the molecule is C1CC[SiH2]C1.[CH3][Zr][CH](C1C(C)=Cc2c1ccc1ccccc21)C1C(C)=Cc2c1ccc1ccccc21.